The van der Waals surface area contributed by atoms with Crippen molar-refractivity contribution in [1.29, 1.82) is 0 Å². The van der Waals surface area contributed by atoms with Gasteiger partial charge in [-0.3, -0.25) is 4.79 Å². The lowest BCUT2D eigenvalue weighted by Crippen LogP contribution is -2.12. The second kappa shape index (κ2) is 5.95. The molecule has 0 saturated carbocycles. The Morgan fingerprint density at radius 3 is 2.68 bits per heavy atom. The number of halogens is 2. The summed E-state index contributed by atoms with van der Waals surface area (Å²) in [6.07, 6.45) is 1.51. The molecule has 1 amide bonds. The number of anilines is 1. The molecule has 3 rings (SSSR count). The van der Waals surface area contributed by atoms with Gasteiger partial charge in [0.1, 0.15) is 5.82 Å². The fraction of sp³-hybridized carbons (Fsp3) is 0. The number of carbonyl (C=O) groups excluding carboxylic acids is 1. The van der Waals surface area contributed by atoms with Crippen LogP contribution < -0.4 is 5.32 Å². The summed E-state index contributed by atoms with van der Waals surface area (Å²) in [5.41, 5.74) is 1.31. The van der Waals surface area contributed by atoms with E-state index in [-0.39, 0.29) is 10.7 Å². The Bertz CT molecular complexity index is 819. The minimum atomic E-state index is -0.547. The smallest absolute Gasteiger partial charge is 0.277 e. The molecule has 0 aliphatic rings. The molecular weight excluding hydrogens is 307 g/mol. The van der Waals surface area contributed by atoms with E-state index in [0.717, 1.165) is 5.69 Å². The van der Waals surface area contributed by atoms with Crippen molar-refractivity contribution in [3.8, 4) is 5.69 Å². The number of benzene rings is 2. The monoisotopic (exact) mass is 316 g/mol. The van der Waals surface area contributed by atoms with Gasteiger partial charge in [-0.15, -0.1) is 5.10 Å². The third-order valence-electron chi connectivity index (χ3n) is 2.92. The number of hydrogen-bond acceptors (Lipinski definition) is 3. The second-order valence-electron chi connectivity index (χ2n) is 4.47. The SMILES string of the molecule is O=C(Nc1ccc(F)c(Cl)c1)c1cn(-c2ccccc2)nn1. The lowest BCUT2D eigenvalue weighted by atomic mass is 10.3. The van der Waals surface area contributed by atoms with Gasteiger partial charge < -0.3 is 5.32 Å². The zero-order chi connectivity index (χ0) is 15.5. The summed E-state index contributed by atoms with van der Waals surface area (Å²) in [6, 6.07) is 13.2. The molecule has 1 aromatic heterocycles. The highest BCUT2D eigenvalue weighted by Crippen LogP contribution is 2.19. The van der Waals surface area contributed by atoms with Crippen molar-refractivity contribution in [1.82, 2.24) is 15.0 Å². The van der Waals surface area contributed by atoms with Gasteiger partial charge in [0.25, 0.3) is 5.91 Å². The third kappa shape index (κ3) is 2.96. The van der Waals surface area contributed by atoms with Gasteiger partial charge in [-0.05, 0) is 30.3 Å². The van der Waals surface area contributed by atoms with Crippen LogP contribution in [0.15, 0.2) is 54.7 Å². The molecule has 0 saturated heterocycles. The molecule has 110 valence electrons. The maximum Gasteiger partial charge on any atom is 0.277 e. The van der Waals surface area contributed by atoms with E-state index in [0.29, 0.717) is 5.69 Å². The lowest BCUT2D eigenvalue weighted by Gasteiger charge is -2.03. The van der Waals surface area contributed by atoms with Gasteiger partial charge in [-0.2, -0.15) is 0 Å². The highest BCUT2D eigenvalue weighted by molar-refractivity contribution is 6.31. The summed E-state index contributed by atoms with van der Waals surface area (Å²) in [5.74, 6) is -1.00. The van der Waals surface area contributed by atoms with Gasteiger partial charge in [0.15, 0.2) is 5.69 Å². The maximum absolute atomic E-state index is 13.1. The van der Waals surface area contributed by atoms with Crippen LogP contribution in [0.4, 0.5) is 10.1 Å². The zero-order valence-electron chi connectivity index (χ0n) is 11.2. The Kier molecular flexibility index (Phi) is 3.84. The van der Waals surface area contributed by atoms with Crippen LogP contribution in [-0.4, -0.2) is 20.9 Å². The summed E-state index contributed by atoms with van der Waals surface area (Å²) in [7, 11) is 0. The number of nitrogens with zero attached hydrogens (tertiary/aromatic N) is 3. The van der Waals surface area contributed by atoms with Crippen LogP contribution in [0.2, 0.25) is 5.02 Å². The highest BCUT2D eigenvalue weighted by atomic mass is 35.5. The van der Waals surface area contributed by atoms with E-state index in [2.05, 4.69) is 15.6 Å². The van der Waals surface area contributed by atoms with Crippen LogP contribution in [0, 0.1) is 5.82 Å². The summed E-state index contributed by atoms with van der Waals surface area (Å²) >= 11 is 5.67. The van der Waals surface area contributed by atoms with E-state index >= 15 is 0 Å². The first-order valence-electron chi connectivity index (χ1n) is 6.37. The number of amides is 1. The van der Waals surface area contributed by atoms with E-state index in [1.54, 1.807) is 0 Å². The van der Waals surface area contributed by atoms with E-state index in [4.69, 9.17) is 11.6 Å². The van der Waals surface area contributed by atoms with Gasteiger partial charge in [0, 0.05) is 5.69 Å². The topological polar surface area (TPSA) is 59.8 Å². The van der Waals surface area contributed by atoms with Crippen LogP contribution in [-0.2, 0) is 0 Å². The fourth-order valence-corrected chi connectivity index (χ4v) is 2.02. The predicted octanol–water partition coefficient (Wildman–Crippen LogP) is 3.31. The molecule has 2 aromatic carbocycles. The molecule has 0 atom stereocenters. The molecular formula is C15H10ClFN4O. The minimum Gasteiger partial charge on any atom is -0.320 e. The summed E-state index contributed by atoms with van der Waals surface area (Å²) in [6.45, 7) is 0. The van der Waals surface area contributed by atoms with Gasteiger partial charge in [-0.1, -0.05) is 35.0 Å². The first-order valence-corrected chi connectivity index (χ1v) is 6.75. The first kappa shape index (κ1) is 14.2. The molecule has 0 bridgehead atoms. The van der Waals surface area contributed by atoms with Crippen LogP contribution in [0.25, 0.3) is 5.69 Å². The van der Waals surface area contributed by atoms with Crippen LogP contribution in [0.1, 0.15) is 10.5 Å². The molecule has 0 radical (unpaired) electrons. The molecule has 0 fully saturated rings. The van der Waals surface area contributed by atoms with Gasteiger partial charge in [-0.25, -0.2) is 9.07 Å². The minimum absolute atomic E-state index is 0.0641. The molecule has 3 aromatic rings. The Balaban J connectivity index is 1.78. The standard InChI is InChI=1S/C15H10ClFN4O/c16-12-8-10(6-7-13(12)17)18-15(22)14-9-21(20-19-14)11-4-2-1-3-5-11/h1-9H,(H,18,22). The van der Waals surface area contributed by atoms with E-state index < -0.39 is 11.7 Å². The Hall–Kier alpha value is -2.73. The average molecular weight is 317 g/mol. The number of carbonyl (C=O) groups is 1. The van der Waals surface area contributed by atoms with Gasteiger partial charge in [0.05, 0.1) is 16.9 Å². The third-order valence-corrected chi connectivity index (χ3v) is 3.21. The highest BCUT2D eigenvalue weighted by Gasteiger charge is 2.12. The zero-order valence-corrected chi connectivity index (χ0v) is 12.0. The molecule has 7 heteroatoms. The number of para-hydroxylation sites is 1. The van der Waals surface area contributed by atoms with E-state index in [9.17, 15) is 9.18 Å². The first-order chi connectivity index (χ1) is 10.6. The van der Waals surface area contributed by atoms with Crippen molar-refractivity contribution in [2.75, 3.05) is 5.32 Å². The molecule has 0 spiro atoms. The number of rotatable bonds is 3. The molecule has 1 heterocycles. The Morgan fingerprint density at radius 2 is 1.95 bits per heavy atom. The summed E-state index contributed by atoms with van der Waals surface area (Å²) < 4.78 is 14.6. The van der Waals surface area contributed by atoms with Crippen LogP contribution in [0.5, 0.6) is 0 Å². The van der Waals surface area contributed by atoms with Crippen molar-refractivity contribution in [3.63, 3.8) is 0 Å². The molecule has 0 aliphatic carbocycles. The largest absolute Gasteiger partial charge is 0.320 e. The molecule has 0 aliphatic heterocycles. The summed E-state index contributed by atoms with van der Waals surface area (Å²) in [4.78, 5) is 12.1. The normalized spacial score (nSPS) is 10.5. The van der Waals surface area contributed by atoms with E-state index in [1.807, 2.05) is 30.3 Å². The van der Waals surface area contributed by atoms with Crippen LogP contribution >= 0.6 is 11.6 Å². The quantitative estimate of drug-likeness (QED) is 0.806. The Labute approximate surface area is 130 Å². The Morgan fingerprint density at radius 1 is 1.18 bits per heavy atom. The van der Waals surface area contributed by atoms with Crippen molar-refractivity contribution >= 4 is 23.2 Å². The van der Waals surface area contributed by atoms with Crippen LogP contribution in [0.3, 0.4) is 0 Å². The molecule has 1 N–H and O–H groups in total. The number of nitrogens with one attached hydrogen (secondary N) is 1. The summed E-state index contributed by atoms with van der Waals surface area (Å²) in [5, 5.41) is 10.2. The lowest BCUT2D eigenvalue weighted by molar-refractivity contribution is 0.102. The van der Waals surface area contributed by atoms with Crippen molar-refractivity contribution in [3.05, 3.63) is 71.3 Å². The van der Waals surface area contributed by atoms with Crippen molar-refractivity contribution in [2.24, 2.45) is 0 Å². The second-order valence-corrected chi connectivity index (χ2v) is 4.87. The van der Waals surface area contributed by atoms with Gasteiger partial charge >= 0.3 is 0 Å². The molecule has 5 nitrogen and oxygen atoms in total. The van der Waals surface area contributed by atoms with E-state index in [1.165, 1.54) is 29.1 Å². The molecule has 0 unspecified atom stereocenters. The average Bonchev–Trinajstić information content (AvgIpc) is 3.02. The maximum atomic E-state index is 13.1. The van der Waals surface area contributed by atoms with Gasteiger partial charge in [0.2, 0.25) is 0 Å². The molecule has 22 heavy (non-hydrogen) atoms. The fourth-order valence-electron chi connectivity index (χ4n) is 1.84. The van der Waals surface area contributed by atoms with Crippen molar-refractivity contribution < 1.29 is 9.18 Å². The number of hydrogen-bond donors (Lipinski definition) is 1. The number of aromatic nitrogens is 3. The predicted molar refractivity (Wildman–Crippen MR) is 80.7 cm³/mol. The van der Waals surface area contributed by atoms with Crippen molar-refractivity contribution in [2.45, 2.75) is 0 Å².